The van der Waals surface area contributed by atoms with E-state index in [2.05, 4.69) is 10.3 Å². The molecule has 0 bridgehead atoms. The van der Waals surface area contributed by atoms with Crippen LogP contribution in [0.5, 0.6) is 11.5 Å². The summed E-state index contributed by atoms with van der Waals surface area (Å²) in [5.41, 5.74) is 0.477. The first kappa shape index (κ1) is 18.9. The number of carbonyl (C=O) groups excluding carboxylic acids is 1. The molecule has 0 aliphatic heterocycles. The van der Waals surface area contributed by atoms with Crippen molar-refractivity contribution >= 4 is 27.8 Å². The highest BCUT2D eigenvalue weighted by atomic mass is 32.1. The molecule has 1 N–H and O–H groups in total. The van der Waals surface area contributed by atoms with Crippen LogP contribution < -0.4 is 20.3 Å². The van der Waals surface area contributed by atoms with Crippen molar-refractivity contribution < 1.29 is 14.3 Å². The number of amides is 1. The van der Waals surface area contributed by atoms with E-state index in [1.165, 1.54) is 0 Å². The molecule has 0 saturated heterocycles. The van der Waals surface area contributed by atoms with Crippen LogP contribution in [0.2, 0.25) is 0 Å². The van der Waals surface area contributed by atoms with Gasteiger partial charge >= 0.3 is 6.03 Å². The van der Waals surface area contributed by atoms with Crippen LogP contribution in [-0.4, -0.2) is 28.7 Å². The largest absolute Gasteiger partial charge is 0.493 e. The van der Waals surface area contributed by atoms with Crippen molar-refractivity contribution in [2.45, 2.75) is 26.3 Å². The molecular formula is C19H21N3O4S. The molecule has 0 saturated carbocycles. The maximum Gasteiger partial charge on any atom is 0.338 e. The SMILES string of the molecule is CCCOc1ccc(C(C)NC(=O)n2sc3ncccc3c2=O)cc1OC. The minimum Gasteiger partial charge on any atom is -0.493 e. The van der Waals surface area contributed by atoms with Crippen LogP contribution in [-0.2, 0) is 0 Å². The second-order valence-electron chi connectivity index (χ2n) is 5.98. The standard InChI is InChI=1S/C19H21N3O4S/c1-4-10-26-15-8-7-13(11-16(15)25-3)12(2)21-19(24)22-18(23)14-6-5-9-20-17(14)27-22/h5-9,11-12H,4,10H2,1-3H3,(H,21,24). The molecule has 0 fully saturated rings. The number of methoxy groups -OCH3 is 1. The first-order valence-corrected chi connectivity index (χ1v) is 9.41. The number of nitrogens with zero attached hydrogens (tertiary/aromatic N) is 2. The monoisotopic (exact) mass is 387 g/mol. The molecule has 0 aliphatic rings. The average molecular weight is 387 g/mol. The van der Waals surface area contributed by atoms with Gasteiger partial charge in [0, 0.05) is 6.20 Å². The molecule has 7 nitrogen and oxygen atoms in total. The van der Waals surface area contributed by atoms with Crippen LogP contribution in [0.25, 0.3) is 10.2 Å². The van der Waals surface area contributed by atoms with Gasteiger partial charge in [0.1, 0.15) is 4.83 Å². The fourth-order valence-corrected chi connectivity index (χ4v) is 3.46. The number of rotatable bonds is 6. The molecule has 0 radical (unpaired) electrons. The highest BCUT2D eigenvalue weighted by Crippen LogP contribution is 2.30. The molecule has 1 unspecified atom stereocenters. The van der Waals surface area contributed by atoms with E-state index in [4.69, 9.17) is 9.47 Å². The Hall–Kier alpha value is -2.87. The van der Waals surface area contributed by atoms with E-state index >= 15 is 0 Å². The minimum atomic E-state index is -0.485. The topological polar surface area (TPSA) is 82.5 Å². The number of pyridine rings is 1. The Labute approximate surface area is 160 Å². The Balaban J connectivity index is 1.79. The van der Waals surface area contributed by atoms with Gasteiger partial charge < -0.3 is 14.8 Å². The van der Waals surface area contributed by atoms with Crippen molar-refractivity contribution in [2.75, 3.05) is 13.7 Å². The Kier molecular flexibility index (Phi) is 5.75. The third-order valence-electron chi connectivity index (χ3n) is 4.04. The molecule has 3 aromatic rings. The zero-order chi connectivity index (χ0) is 19.4. The third kappa shape index (κ3) is 3.95. The van der Waals surface area contributed by atoms with Gasteiger partial charge in [0.25, 0.3) is 5.56 Å². The first-order valence-electron chi connectivity index (χ1n) is 8.63. The predicted octanol–water partition coefficient (Wildman–Crippen LogP) is 3.57. The van der Waals surface area contributed by atoms with E-state index in [-0.39, 0.29) is 11.6 Å². The second-order valence-corrected chi connectivity index (χ2v) is 6.91. The lowest BCUT2D eigenvalue weighted by Gasteiger charge is -2.17. The summed E-state index contributed by atoms with van der Waals surface area (Å²) in [7, 11) is 1.57. The second kappa shape index (κ2) is 8.22. The molecule has 1 aromatic carbocycles. The summed E-state index contributed by atoms with van der Waals surface area (Å²) < 4.78 is 12.1. The van der Waals surface area contributed by atoms with Crippen LogP contribution in [0.3, 0.4) is 0 Å². The molecule has 2 aromatic heterocycles. The zero-order valence-electron chi connectivity index (χ0n) is 15.4. The fourth-order valence-electron chi connectivity index (χ4n) is 2.61. The smallest absolute Gasteiger partial charge is 0.338 e. The van der Waals surface area contributed by atoms with Crippen molar-refractivity contribution in [2.24, 2.45) is 0 Å². The van der Waals surface area contributed by atoms with Crippen LogP contribution in [0.1, 0.15) is 31.9 Å². The van der Waals surface area contributed by atoms with Gasteiger partial charge in [0.05, 0.1) is 25.1 Å². The van der Waals surface area contributed by atoms with E-state index in [9.17, 15) is 9.59 Å². The van der Waals surface area contributed by atoms with Gasteiger partial charge in [-0.1, -0.05) is 13.0 Å². The van der Waals surface area contributed by atoms with E-state index in [0.717, 1.165) is 27.5 Å². The molecule has 2 heterocycles. The van der Waals surface area contributed by atoms with Gasteiger partial charge in [-0.05, 0) is 54.7 Å². The number of aromatic nitrogens is 2. The Bertz CT molecular complexity index is 1010. The number of hydrogen-bond acceptors (Lipinski definition) is 6. The van der Waals surface area contributed by atoms with Crippen LogP contribution in [0, 0.1) is 0 Å². The van der Waals surface area contributed by atoms with Gasteiger partial charge in [-0.15, -0.1) is 0 Å². The maximum absolute atomic E-state index is 12.6. The van der Waals surface area contributed by atoms with Gasteiger partial charge in [-0.25, -0.2) is 9.78 Å². The Morgan fingerprint density at radius 1 is 1.33 bits per heavy atom. The summed E-state index contributed by atoms with van der Waals surface area (Å²) in [6.45, 7) is 4.48. The number of nitrogens with one attached hydrogen (secondary N) is 1. The number of ether oxygens (including phenoxy) is 2. The van der Waals surface area contributed by atoms with E-state index < -0.39 is 6.03 Å². The van der Waals surface area contributed by atoms with E-state index in [0.29, 0.717) is 28.3 Å². The number of hydrogen-bond donors (Lipinski definition) is 1. The summed E-state index contributed by atoms with van der Waals surface area (Å²) in [5.74, 6) is 1.26. The molecule has 1 amide bonds. The quantitative estimate of drug-likeness (QED) is 0.699. The summed E-state index contributed by atoms with van der Waals surface area (Å²) in [4.78, 5) is 29.6. The normalized spacial score (nSPS) is 12.0. The molecule has 0 aliphatic carbocycles. The number of fused-ring (bicyclic) bond motifs is 1. The lowest BCUT2D eigenvalue weighted by Crippen LogP contribution is -2.34. The van der Waals surface area contributed by atoms with Crippen LogP contribution in [0.15, 0.2) is 41.3 Å². The minimum absolute atomic E-state index is 0.323. The van der Waals surface area contributed by atoms with Crippen molar-refractivity contribution in [1.82, 2.24) is 14.3 Å². The molecule has 142 valence electrons. The highest BCUT2D eigenvalue weighted by Gasteiger charge is 2.18. The maximum atomic E-state index is 12.6. The van der Waals surface area contributed by atoms with Gasteiger partial charge in [-0.3, -0.25) is 4.79 Å². The number of carbonyl (C=O) groups is 1. The third-order valence-corrected chi connectivity index (χ3v) is 5.05. The van der Waals surface area contributed by atoms with Crippen LogP contribution in [0.4, 0.5) is 4.79 Å². The van der Waals surface area contributed by atoms with Gasteiger partial charge in [0.15, 0.2) is 11.5 Å². The molecule has 8 heteroatoms. The zero-order valence-corrected chi connectivity index (χ0v) is 16.2. The Morgan fingerprint density at radius 3 is 2.85 bits per heavy atom. The lowest BCUT2D eigenvalue weighted by atomic mass is 10.1. The van der Waals surface area contributed by atoms with Crippen molar-refractivity contribution in [3.8, 4) is 11.5 Å². The summed E-state index contributed by atoms with van der Waals surface area (Å²) in [5, 5.41) is 3.27. The average Bonchev–Trinajstić information content (AvgIpc) is 3.03. The Morgan fingerprint density at radius 2 is 2.15 bits per heavy atom. The summed E-state index contributed by atoms with van der Waals surface area (Å²) in [6.07, 6.45) is 2.49. The molecule has 27 heavy (non-hydrogen) atoms. The number of benzene rings is 1. The molecule has 0 spiro atoms. The van der Waals surface area contributed by atoms with Crippen LogP contribution >= 0.6 is 11.5 Å². The fraction of sp³-hybridized carbons (Fsp3) is 0.316. The van der Waals surface area contributed by atoms with Gasteiger partial charge in [0.2, 0.25) is 0 Å². The first-order chi connectivity index (χ1) is 13.0. The van der Waals surface area contributed by atoms with E-state index in [1.807, 2.05) is 32.0 Å². The summed E-state index contributed by atoms with van der Waals surface area (Å²) >= 11 is 1.02. The molecular weight excluding hydrogens is 366 g/mol. The summed E-state index contributed by atoms with van der Waals surface area (Å²) in [6, 6.07) is 8.04. The van der Waals surface area contributed by atoms with E-state index in [1.54, 1.807) is 25.4 Å². The molecule has 3 rings (SSSR count). The van der Waals surface area contributed by atoms with Crippen molar-refractivity contribution in [3.05, 3.63) is 52.4 Å². The van der Waals surface area contributed by atoms with Gasteiger partial charge in [-0.2, -0.15) is 3.96 Å². The predicted molar refractivity (Wildman–Crippen MR) is 105 cm³/mol. The highest BCUT2D eigenvalue weighted by molar-refractivity contribution is 7.14. The van der Waals surface area contributed by atoms with Crippen molar-refractivity contribution in [3.63, 3.8) is 0 Å². The molecule has 1 atom stereocenters. The lowest BCUT2D eigenvalue weighted by molar-refractivity contribution is 0.241. The van der Waals surface area contributed by atoms with Crippen molar-refractivity contribution in [1.29, 1.82) is 0 Å².